The molecule has 0 saturated heterocycles. The third kappa shape index (κ3) is 7.41. The molecule has 0 bridgehead atoms. The fourth-order valence-corrected chi connectivity index (χ4v) is 4.81. The summed E-state index contributed by atoms with van der Waals surface area (Å²) in [5, 5.41) is 0. The van der Waals surface area contributed by atoms with E-state index in [0.29, 0.717) is 30.0 Å². The van der Waals surface area contributed by atoms with Crippen molar-refractivity contribution in [3.05, 3.63) is 53.3 Å². The van der Waals surface area contributed by atoms with Crippen molar-refractivity contribution in [2.75, 3.05) is 0 Å². The van der Waals surface area contributed by atoms with Crippen LogP contribution in [0, 0.1) is 35.2 Å². The number of halogens is 6. The van der Waals surface area contributed by atoms with Gasteiger partial charge < -0.3 is 4.74 Å². The second-order valence-corrected chi connectivity index (χ2v) is 9.64. The zero-order valence-corrected chi connectivity index (χ0v) is 19.7. The first-order valence-corrected chi connectivity index (χ1v) is 12.1. The van der Waals surface area contributed by atoms with Crippen LogP contribution in [0.5, 0.6) is 5.75 Å². The summed E-state index contributed by atoms with van der Waals surface area (Å²) in [5.41, 5.74) is -0.137. The zero-order valence-electron chi connectivity index (χ0n) is 19.7. The zero-order chi connectivity index (χ0) is 24.9. The standard InChI is InChI=1S/C27H32F6O/c1-3-17(2)4-5-18-6-8-19(9-7-18)10-11-20-14-23(29)26(24(30)15-20)21-12-13-25(22(28)16-21)34-27(31,32)33/h12-19H,3-11H2,1-2H3. The summed E-state index contributed by atoms with van der Waals surface area (Å²) in [6, 6.07) is 4.82. The van der Waals surface area contributed by atoms with E-state index in [1.807, 2.05) is 0 Å². The third-order valence-corrected chi connectivity index (χ3v) is 7.12. The van der Waals surface area contributed by atoms with Crippen LogP contribution in [0.4, 0.5) is 26.3 Å². The molecule has 0 radical (unpaired) electrons. The Morgan fingerprint density at radius 2 is 1.47 bits per heavy atom. The van der Waals surface area contributed by atoms with Crippen molar-refractivity contribution in [3.8, 4) is 16.9 Å². The van der Waals surface area contributed by atoms with Gasteiger partial charge in [-0.25, -0.2) is 13.2 Å². The van der Waals surface area contributed by atoms with E-state index in [4.69, 9.17) is 0 Å². The van der Waals surface area contributed by atoms with Crippen molar-refractivity contribution in [1.29, 1.82) is 0 Å². The van der Waals surface area contributed by atoms with Crippen LogP contribution in [0.2, 0.25) is 0 Å². The maximum atomic E-state index is 14.7. The molecule has 7 heteroatoms. The molecular weight excluding hydrogens is 454 g/mol. The normalized spacial score (nSPS) is 19.8. The monoisotopic (exact) mass is 486 g/mol. The molecular formula is C27H32F6O. The number of alkyl halides is 3. The van der Waals surface area contributed by atoms with Gasteiger partial charge >= 0.3 is 6.36 Å². The van der Waals surface area contributed by atoms with Gasteiger partial charge in [-0.15, -0.1) is 13.2 Å². The first-order chi connectivity index (χ1) is 16.1. The highest BCUT2D eigenvalue weighted by Gasteiger charge is 2.32. The lowest BCUT2D eigenvalue weighted by molar-refractivity contribution is -0.275. The number of benzene rings is 2. The van der Waals surface area contributed by atoms with Gasteiger partial charge in [-0.2, -0.15) is 0 Å². The summed E-state index contributed by atoms with van der Waals surface area (Å²) < 4.78 is 83.9. The van der Waals surface area contributed by atoms with Gasteiger partial charge in [0, 0.05) is 0 Å². The van der Waals surface area contributed by atoms with Crippen LogP contribution >= 0.6 is 0 Å². The van der Waals surface area contributed by atoms with Crippen molar-refractivity contribution in [2.24, 2.45) is 17.8 Å². The topological polar surface area (TPSA) is 9.23 Å². The lowest BCUT2D eigenvalue weighted by Crippen LogP contribution is -2.17. The molecule has 0 spiro atoms. The highest BCUT2D eigenvalue weighted by molar-refractivity contribution is 5.66. The van der Waals surface area contributed by atoms with Crippen molar-refractivity contribution in [1.82, 2.24) is 0 Å². The summed E-state index contributed by atoms with van der Waals surface area (Å²) in [4.78, 5) is 0. The molecule has 0 aromatic heterocycles. The second kappa shape index (κ2) is 11.5. The van der Waals surface area contributed by atoms with Crippen LogP contribution < -0.4 is 4.74 Å². The van der Waals surface area contributed by atoms with E-state index < -0.39 is 35.1 Å². The van der Waals surface area contributed by atoms with Crippen molar-refractivity contribution >= 4 is 0 Å². The quantitative estimate of drug-likeness (QED) is 0.321. The van der Waals surface area contributed by atoms with Gasteiger partial charge in [-0.3, -0.25) is 0 Å². The summed E-state index contributed by atoms with van der Waals surface area (Å²) in [7, 11) is 0. The molecule has 1 unspecified atom stereocenters. The van der Waals surface area contributed by atoms with Crippen molar-refractivity contribution in [3.63, 3.8) is 0 Å². The van der Waals surface area contributed by atoms with Gasteiger partial charge in [0.05, 0.1) is 5.56 Å². The Kier molecular flexibility index (Phi) is 8.94. The molecule has 2 aromatic rings. The van der Waals surface area contributed by atoms with Crippen LogP contribution in [0.25, 0.3) is 11.1 Å². The molecule has 2 aromatic carbocycles. The lowest BCUT2D eigenvalue weighted by Gasteiger charge is -2.29. The van der Waals surface area contributed by atoms with Gasteiger partial charge in [0.15, 0.2) is 11.6 Å². The van der Waals surface area contributed by atoms with Crippen molar-refractivity contribution < 1.29 is 31.1 Å². The highest BCUT2D eigenvalue weighted by atomic mass is 19.4. The Bertz CT molecular complexity index is 924. The third-order valence-electron chi connectivity index (χ3n) is 7.12. The summed E-state index contributed by atoms with van der Waals surface area (Å²) >= 11 is 0. The Morgan fingerprint density at radius 3 is 2.00 bits per heavy atom. The molecule has 1 atom stereocenters. The number of rotatable bonds is 9. The van der Waals surface area contributed by atoms with Crippen molar-refractivity contribution in [2.45, 2.75) is 78.0 Å². The van der Waals surface area contributed by atoms with E-state index in [1.54, 1.807) is 0 Å². The van der Waals surface area contributed by atoms with E-state index in [-0.39, 0.29) is 5.56 Å². The summed E-state index contributed by atoms with van der Waals surface area (Å²) in [6.45, 7) is 4.52. The van der Waals surface area contributed by atoms with Gasteiger partial charge in [-0.1, -0.05) is 64.9 Å². The summed E-state index contributed by atoms with van der Waals surface area (Å²) in [5.74, 6) is -2.04. The van der Waals surface area contributed by atoms with E-state index >= 15 is 0 Å². The molecule has 0 aliphatic heterocycles. The molecule has 0 N–H and O–H groups in total. The molecule has 1 aliphatic rings. The van der Waals surface area contributed by atoms with Gasteiger partial charge in [0.1, 0.15) is 11.6 Å². The SMILES string of the molecule is CCC(C)CCC1CCC(CCc2cc(F)c(-c3ccc(OC(F)(F)F)c(F)c3)c(F)c2)CC1. The van der Waals surface area contributed by atoms with Crippen LogP contribution in [-0.4, -0.2) is 6.36 Å². The molecule has 188 valence electrons. The lowest BCUT2D eigenvalue weighted by atomic mass is 9.77. The van der Waals surface area contributed by atoms with Gasteiger partial charge in [0.2, 0.25) is 0 Å². The van der Waals surface area contributed by atoms with E-state index in [9.17, 15) is 26.3 Å². The van der Waals surface area contributed by atoms with Crippen LogP contribution in [0.1, 0.15) is 70.8 Å². The minimum atomic E-state index is -5.06. The molecule has 34 heavy (non-hydrogen) atoms. The Morgan fingerprint density at radius 1 is 0.882 bits per heavy atom. The fraction of sp³-hybridized carbons (Fsp3) is 0.556. The van der Waals surface area contributed by atoms with Crippen LogP contribution in [-0.2, 0) is 6.42 Å². The maximum Gasteiger partial charge on any atom is 0.573 e. The fourth-order valence-electron chi connectivity index (χ4n) is 4.81. The Labute approximate surface area is 197 Å². The van der Waals surface area contributed by atoms with Gasteiger partial charge in [0.25, 0.3) is 0 Å². The molecule has 0 heterocycles. The molecule has 3 rings (SSSR count). The van der Waals surface area contributed by atoms with E-state index in [1.165, 1.54) is 44.2 Å². The van der Waals surface area contributed by atoms with Crippen LogP contribution in [0.15, 0.2) is 30.3 Å². The predicted molar refractivity (Wildman–Crippen MR) is 121 cm³/mol. The molecule has 1 saturated carbocycles. The number of hydrogen-bond donors (Lipinski definition) is 0. The average molecular weight is 487 g/mol. The predicted octanol–water partition coefficient (Wildman–Crippen LogP) is 9.23. The number of ether oxygens (including phenoxy) is 1. The van der Waals surface area contributed by atoms with Crippen LogP contribution in [0.3, 0.4) is 0 Å². The largest absolute Gasteiger partial charge is 0.573 e. The summed E-state index contributed by atoms with van der Waals surface area (Å²) in [6.07, 6.45) is 4.81. The highest BCUT2D eigenvalue weighted by Crippen LogP contribution is 2.36. The van der Waals surface area contributed by atoms with Gasteiger partial charge in [-0.05, 0) is 66.0 Å². The molecule has 1 aliphatic carbocycles. The number of aryl methyl sites for hydroxylation is 1. The smallest absolute Gasteiger partial charge is 0.403 e. The first kappa shape index (κ1) is 26.4. The maximum absolute atomic E-state index is 14.7. The van der Waals surface area contributed by atoms with E-state index in [0.717, 1.165) is 37.2 Å². The minimum Gasteiger partial charge on any atom is -0.403 e. The Balaban J connectivity index is 1.58. The molecule has 1 nitrogen and oxygen atoms in total. The molecule has 1 fully saturated rings. The minimum absolute atomic E-state index is 0.190. The average Bonchev–Trinajstić information content (AvgIpc) is 2.77. The second-order valence-electron chi connectivity index (χ2n) is 9.64. The number of hydrogen-bond acceptors (Lipinski definition) is 1. The molecule has 0 amide bonds. The van der Waals surface area contributed by atoms with E-state index in [2.05, 4.69) is 18.6 Å². The first-order valence-electron chi connectivity index (χ1n) is 12.1. The Hall–Kier alpha value is -2.18.